The third-order valence-electron chi connectivity index (χ3n) is 6.09. The molecule has 2 aromatic carbocycles. The van der Waals surface area contributed by atoms with Crippen LogP contribution in [0.1, 0.15) is 33.9 Å². The Hall–Kier alpha value is -3.49. The molecule has 0 unspecified atom stereocenters. The number of carbonyl (C=O) groups excluding carboxylic acids is 2. The molecule has 1 heterocycles. The number of nitrogens with zero attached hydrogens (tertiary/aromatic N) is 2. The summed E-state index contributed by atoms with van der Waals surface area (Å²) in [6.45, 7) is 3.37. The van der Waals surface area contributed by atoms with Crippen molar-refractivity contribution in [3.05, 3.63) is 82.3 Å². The SMILES string of the molecule is COCCCN(CC(=O)N(CCc1ccc(OC)c(OC)c1)Cc1ccc(C)o1)C(=O)c1ccc(Cl)cc1. The zero-order valence-electron chi connectivity index (χ0n) is 22.4. The Balaban J connectivity index is 1.79. The lowest BCUT2D eigenvalue weighted by Crippen LogP contribution is -2.44. The monoisotopic (exact) mass is 542 g/mol. The van der Waals surface area contributed by atoms with Crippen LogP contribution in [0.5, 0.6) is 11.5 Å². The minimum Gasteiger partial charge on any atom is -0.493 e. The van der Waals surface area contributed by atoms with Gasteiger partial charge >= 0.3 is 0 Å². The number of aryl methyl sites for hydroxylation is 1. The normalized spacial score (nSPS) is 10.8. The van der Waals surface area contributed by atoms with Crippen molar-refractivity contribution in [3.63, 3.8) is 0 Å². The van der Waals surface area contributed by atoms with E-state index in [0.717, 1.165) is 11.3 Å². The molecule has 204 valence electrons. The molecule has 38 heavy (non-hydrogen) atoms. The maximum absolute atomic E-state index is 13.6. The van der Waals surface area contributed by atoms with E-state index < -0.39 is 0 Å². The van der Waals surface area contributed by atoms with Crippen molar-refractivity contribution in [2.24, 2.45) is 0 Å². The van der Waals surface area contributed by atoms with Crippen LogP contribution in [-0.4, -0.2) is 69.2 Å². The van der Waals surface area contributed by atoms with Gasteiger partial charge in [0.1, 0.15) is 18.1 Å². The van der Waals surface area contributed by atoms with Crippen molar-refractivity contribution in [2.75, 3.05) is 47.6 Å². The third-order valence-corrected chi connectivity index (χ3v) is 6.35. The van der Waals surface area contributed by atoms with E-state index in [4.69, 9.17) is 30.2 Å². The summed E-state index contributed by atoms with van der Waals surface area (Å²) < 4.78 is 21.7. The van der Waals surface area contributed by atoms with Gasteiger partial charge in [-0.25, -0.2) is 0 Å². The predicted octanol–water partition coefficient (Wildman–Crippen LogP) is 5.01. The Morgan fingerprint density at radius 2 is 1.63 bits per heavy atom. The number of hydrogen-bond donors (Lipinski definition) is 0. The minimum absolute atomic E-state index is 0.0726. The fourth-order valence-electron chi connectivity index (χ4n) is 4.04. The fraction of sp³-hybridized carbons (Fsp3) is 0.379. The van der Waals surface area contributed by atoms with Gasteiger partial charge in [0, 0.05) is 37.4 Å². The number of benzene rings is 2. The smallest absolute Gasteiger partial charge is 0.254 e. The lowest BCUT2D eigenvalue weighted by molar-refractivity contribution is -0.132. The zero-order valence-corrected chi connectivity index (χ0v) is 23.1. The molecule has 2 amide bonds. The van der Waals surface area contributed by atoms with Crippen molar-refractivity contribution >= 4 is 23.4 Å². The van der Waals surface area contributed by atoms with Gasteiger partial charge in [0.25, 0.3) is 5.91 Å². The number of carbonyl (C=O) groups is 2. The Labute approximate surface area is 229 Å². The summed E-state index contributed by atoms with van der Waals surface area (Å²) in [6.07, 6.45) is 1.19. The number of halogens is 1. The molecule has 0 fully saturated rings. The third kappa shape index (κ3) is 8.26. The predicted molar refractivity (Wildman–Crippen MR) is 146 cm³/mol. The van der Waals surface area contributed by atoms with Gasteiger partial charge in [-0.3, -0.25) is 9.59 Å². The molecule has 0 spiro atoms. The molecule has 0 aliphatic carbocycles. The number of rotatable bonds is 14. The summed E-state index contributed by atoms with van der Waals surface area (Å²) >= 11 is 6.00. The van der Waals surface area contributed by atoms with Crippen molar-refractivity contribution in [1.29, 1.82) is 0 Å². The molecule has 1 aromatic heterocycles. The molecule has 0 N–H and O–H groups in total. The summed E-state index contributed by atoms with van der Waals surface area (Å²) in [7, 11) is 4.79. The lowest BCUT2D eigenvalue weighted by Gasteiger charge is -2.27. The molecule has 0 saturated heterocycles. The highest BCUT2D eigenvalue weighted by Crippen LogP contribution is 2.28. The van der Waals surface area contributed by atoms with Crippen molar-refractivity contribution in [1.82, 2.24) is 9.80 Å². The van der Waals surface area contributed by atoms with E-state index in [1.807, 2.05) is 37.3 Å². The summed E-state index contributed by atoms with van der Waals surface area (Å²) in [6, 6.07) is 16.1. The van der Waals surface area contributed by atoms with Crippen LogP contribution in [0.4, 0.5) is 0 Å². The Bertz CT molecular complexity index is 1190. The first-order chi connectivity index (χ1) is 18.3. The highest BCUT2D eigenvalue weighted by atomic mass is 35.5. The number of ether oxygens (including phenoxy) is 3. The fourth-order valence-corrected chi connectivity index (χ4v) is 4.17. The van der Waals surface area contributed by atoms with Crippen LogP contribution in [0.3, 0.4) is 0 Å². The molecular formula is C29H35ClN2O6. The largest absolute Gasteiger partial charge is 0.493 e. The van der Waals surface area contributed by atoms with Gasteiger partial charge in [-0.05, 0) is 73.9 Å². The molecule has 0 aliphatic rings. The molecule has 3 rings (SSSR count). The minimum atomic E-state index is -0.236. The van der Waals surface area contributed by atoms with E-state index >= 15 is 0 Å². The second kappa shape index (κ2) is 14.4. The summed E-state index contributed by atoms with van der Waals surface area (Å²) in [4.78, 5) is 30.2. The molecule has 0 radical (unpaired) electrons. The highest BCUT2D eigenvalue weighted by molar-refractivity contribution is 6.30. The molecule has 0 bridgehead atoms. The van der Waals surface area contributed by atoms with Crippen molar-refractivity contribution in [2.45, 2.75) is 26.3 Å². The second-order valence-corrected chi connectivity index (χ2v) is 9.28. The van der Waals surface area contributed by atoms with Crippen LogP contribution < -0.4 is 9.47 Å². The van der Waals surface area contributed by atoms with E-state index in [2.05, 4.69) is 0 Å². The molecule has 0 atom stereocenters. The van der Waals surface area contributed by atoms with Crippen LogP contribution in [0, 0.1) is 6.92 Å². The molecule has 9 heteroatoms. The van der Waals surface area contributed by atoms with Gasteiger partial charge in [-0.1, -0.05) is 17.7 Å². The summed E-state index contributed by atoms with van der Waals surface area (Å²) in [5.74, 6) is 2.30. The molecule has 0 aliphatic heterocycles. The first kappa shape index (κ1) is 29.1. The average molecular weight is 543 g/mol. The van der Waals surface area contributed by atoms with Crippen LogP contribution in [0.15, 0.2) is 59.0 Å². The van der Waals surface area contributed by atoms with Crippen LogP contribution >= 0.6 is 11.6 Å². The zero-order chi connectivity index (χ0) is 27.5. The topological polar surface area (TPSA) is 81.5 Å². The van der Waals surface area contributed by atoms with Crippen molar-refractivity contribution < 1.29 is 28.2 Å². The van der Waals surface area contributed by atoms with E-state index in [1.165, 1.54) is 0 Å². The van der Waals surface area contributed by atoms with Crippen molar-refractivity contribution in [3.8, 4) is 11.5 Å². The first-order valence-corrected chi connectivity index (χ1v) is 12.8. The van der Waals surface area contributed by atoms with Gasteiger partial charge < -0.3 is 28.4 Å². The molecule has 8 nitrogen and oxygen atoms in total. The van der Waals surface area contributed by atoms with E-state index in [-0.39, 0.29) is 18.4 Å². The van der Waals surface area contributed by atoms with Gasteiger partial charge in [0.2, 0.25) is 5.91 Å². The summed E-state index contributed by atoms with van der Waals surface area (Å²) in [5, 5.41) is 0.540. The Morgan fingerprint density at radius 1 is 0.895 bits per heavy atom. The van der Waals surface area contributed by atoms with Crippen LogP contribution in [-0.2, 0) is 22.5 Å². The first-order valence-electron chi connectivity index (χ1n) is 12.4. The average Bonchev–Trinajstić information content (AvgIpc) is 3.34. The highest BCUT2D eigenvalue weighted by Gasteiger charge is 2.23. The van der Waals surface area contributed by atoms with Gasteiger partial charge in [0.05, 0.1) is 20.8 Å². The number of methoxy groups -OCH3 is 3. The maximum Gasteiger partial charge on any atom is 0.254 e. The maximum atomic E-state index is 13.6. The number of amides is 2. The Morgan fingerprint density at radius 3 is 2.26 bits per heavy atom. The van der Waals surface area contributed by atoms with Crippen LogP contribution in [0.25, 0.3) is 0 Å². The van der Waals surface area contributed by atoms with Crippen LogP contribution in [0.2, 0.25) is 5.02 Å². The Kier molecular flexibility index (Phi) is 11.1. The molecular weight excluding hydrogens is 508 g/mol. The number of furan rings is 1. The second-order valence-electron chi connectivity index (χ2n) is 8.85. The van der Waals surface area contributed by atoms with Gasteiger partial charge in [0.15, 0.2) is 11.5 Å². The van der Waals surface area contributed by atoms with E-state index in [9.17, 15) is 9.59 Å². The quantitative estimate of drug-likeness (QED) is 0.266. The summed E-state index contributed by atoms with van der Waals surface area (Å²) in [5.41, 5.74) is 1.46. The van der Waals surface area contributed by atoms with E-state index in [1.54, 1.807) is 55.4 Å². The van der Waals surface area contributed by atoms with Gasteiger partial charge in [-0.2, -0.15) is 0 Å². The lowest BCUT2D eigenvalue weighted by atomic mass is 10.1. The standard InChI is InChI=1S/C29H35ClN2O6/c1-21-6-12-25(38-21)19-31(16-14-22-7-13-26(36-3)27(18-22)37-4)28(33)20-32(15-5-17-35-2)29(34)23-8-10-24(30)11-9-23/h6-13,18H,5,14-17,19-20H2,1-4H3. The molecule has 0 saturated carbocycles. The van der Waals surface area contributed by atoms with E-state index in [0.29, 0.717) is 66.9 Å². The van der Waals surface area contributed by atoms with Gasteiger partial charge in [-0.15, -0.1) is 0 Å². The number of hydrogen-bond acceptors (Lipinski definition) is 6. The molecule has 3 aromatic rings.